The summed E-state index contributed by atoms with van der Waals surface area (Å²) < 4.78 is 23.8. The maximum absolute atomic E-state index is 13.0. The maximum Gasteiger partial charge on any atom is 0.235 e. The molecule has 1 aromatic carbocycles. The molecule has 1 fully saturated rings. The number of amides is 1. The highest BCUT2D eigenvalue weighted by Gasteiger charge is 2.35. The Hall–Kier alpha value is -1.05. The molecular formula is C19H30N2O3S2. The van der Waals surface area contributed by atoms with Crippen molar-refractivity contribution in [1.29, 1.82) is 0 Å². The van der Waals surface area contributed by atoms with Crippen molar-refractivity contribution in [1.82, 2.24) is 9.80 Å². The minimum Gasteiger partial charge on any atom is -0.338 e. The van der Waals surface area contributed by atoms with Crippen molar-refractivity contribution in [3.63, 3.8) is 0 Å². The Bertz CT molecular complexity index is 677. The lowest BCUT2D eigenvalue weighted by molar-refractivity contribution is -0.132. The van der Waals surface area contributed by atoms with Crippen LogP contribution in [0.1, 0.15) is 25.3 Å². The predicted octanol–water partition coefficient (Wildman–Crippen LogP) is 2.28. The van der Waals surface area contributed by atoms with Crippen LogP contribution in [-0.2, 0) is 20.4 Å². The number of thioether (sulfide) groups is 1. The van der Waals surface area contributed by atoms with Crippen LogP contribution in [0.25, 0.3) is 0 Å². The fourth-order valence-corrected chi connectivity index (χ4v) is 5.80. The minimum atomic E-state index is -3.01. The van der Waals surface area contributed by atoms with E-state index < -0.39 is 9.84 Å². The van der Waals surface area contributed by atoms with Gasteiger partial charge in [0.05, 0.1) is 16.8 Å². The summed E-state index contributed by atoms with van der Waals surface area (Å²) in [5.74, 6) is 1.14. The fourth-order valence-electron chi connectivity index (χ4n) is 3.15. The summed E-state index contributed by atoms with van der Waals surface area (Å²) >= 11 is 1.61. The smallest absolute Gasteiger partial charge is 0.235 e. The number of carbonyl (C=O) groups is 1. The summed E-state index contributed by atoms with van der Waals surface area (Å²) in [6.45, 7) is 3.43. The third-order valence-corrected chi connectivity index (χ3v) is 7.58. The molecule has 1 saturated heterocycles. The summed E-state index contributed by atoms with van der Waals surface area (Å²) in [6.07, 6.45) is 1.41. The van der Waals surface area contributed by atoms with Gasteiger partial charge in [0.25, 0.3) is 0 Å². The Kier molecular flexibility index (Phi) is 7.98. The van der Waals surface area contributed by atoms with Crippen LogP contribution in [0.2, 0.25) is 0 Å². The van der Waals surface area contributed by atoms with Crippen LogP contribution in [0.4, 0.5) is 0 Å². The first-order valence-corrected chi connectivity index (χ1v) is 12.0. The van der Waals surface area contributed by atoms with Crippen LogP contribution in [-0.4, -0.2) is 74.1 Å². The second-order valence-corrected chi connectivity index (χ2v) is 10.7. The average molecular weight is 399 g/mol. The van der Waals surface area contributed by atoms with E-state index in [1.807, 2.05) is 44.1 Å². The molecule has 0 N–H and O–H groups in total. The SMILES string of the molecule is CC(SCc1ccccc1)C(=O)N(CCCN(C)C)C1CCS(=O)(=O)C1. The van der Waals surface area contributed by atoms with Crippen molar-refractivity contribution in [2.75, 3.05) is 38.7 Å². The molecule has 146 valence electrons. The molecule has 26 heavy (non-hydrogen) atoms. The number of hydrogen-bond acceptors (Lipinski definition) is 5. The molecule has 1 heterocycles. The predicted molar refractivity (Wildman–Crippen MR) is 109 cm³/mol. The van der Waals surface area contributed by atoms with Crippen molar-refractivity contribution in [2.45, 2.75) is 36.8 Å². The standard InChI is InChI=1S/C19H30N2O3S2/c1-16(25-14-17-8-5-4-6-9-17)19(22)21(12-7-11-20(2)3)18-10-13-26(23,24)15-18/h4-6,8-9,16,18H,7,10-15H2,1-3H3. The largest absolute Gasteiger partial charge is 0.338 e. The van der Waals surface area contributed by atoms with Crippen molar-refractivity contribution < 1.29 is 13.2 Å². The number of sulfone groups is 1. The molecule has 0 aromatic heterocycles. The maximum atomic E-state index is 13.0. The van der Waals surface area contributed by atoms with Crippen LogP contribution >= 0.6 is 11.8 Å². The van der Waals surface area contributed by atoms with Gasteiger partial charge in [0.1, 0.15) is 0 Å². The van der Waals surface area contributed by atoms with E-state index in [9.17, 15) is 13.2 Å². The molecule has 1 aliphatic heterocycles. The van der Waals surface area contributed by atoms with Gasteiger partial charge in [0.15, 0.2) is 9.84 Å². The monoisotopic (exact) mass is 398 g/mol. The molecule has 2 atom stereocenters. The van der Waals surface area contributed by atoms with Gasteiger partial charge in [-0.05, 0) is 46.0 Å². The van der Waals surface area contributed by atoms with Gasteiger partial charge < -0.3 is 9.80 Å². The van der Waals surface area contributed by atoms with Crippen LogP contribution < -0.4 is 0 Å². The molecular weight excluding hydrogens is 368 g/mol. The van der Waals surface area contributed by atoms with Gasteiger partial charge in [-0.25, -0.2) is 8.42 Å². The first kappa shape index (κ1) is 21.3. The van der Waals surface area contributed by atoms with Gasteiger partial charge in [-0.3, -0.25) is 4.79 Å². The van der Waals surface area contributed by atoms with E-state index in [0.717, 1.165) is 18.7 Å². The Morgan fingerprint density at radius 1 is 1.23 bits per heavy atom. The van der Waals surface area contributed by atoms with Crippen LogP contribution in [0.5, 0.6) is 0 Å². The summed E-state index contributed by atoms with van der Waals surface area (Å²) in [5.41, 5.74) is 1.19. The number of nitrogens with zero attached hydrogens (tertiary/aromatic N) is 2. The van der Waals surface area contributed by atoms with E-state index in [1.54, 1.807) is 11.8 Å². The normalized spacial score (nSPS) is 20.2. The molecule has 5 nitrogen and oxygen atoms in total. The second kappa shape index (κ2) is 9.76. The Labute approximate surface area is 162 Å². The zero-order valence-electron chi connectivity index (χ0n) is 15.9. The average Bonchev–Trinajstić information content (AvgIpc) is 2.96. The summed E-state index contributed by atoms with van der Waals surface area (Å²) in [7, 11) is 1.00. The molecule has 1 amide bonds. The number of rotatable bonds is 9. The van der Waals surface area contributed by atoms with Gasteiger partial charge in [-0.15, -0.1) is 11.8 Å². The quantitative estimate of drug-likeness (QED) is 0.639. The lowest BCUT2D eigenvalue weighted by atomic mass is 10.2. The molecule has 0 aliphatic carbocycles. The van der Waals surface area contributed by atoms with Gasteiger partial charge in [0, 0.05) is 18.3 Å². The van der Waals surface area contributed by atoms with Crippen molar-refractivity contribution in [2.24, 2.45) is 0 Å². The Morgan fingerprint density at radius 2 is 1.92 bits per heavy atom. The highest BCUT2D eigenvalue weighted by Crippen LogP contribution is 2.24. The zero-order chi connectivity index (χ0) is 19.2. The zero-order valence-corrected chi connectivity index (χ0v) is 17.6. The number of carbonyl (C=O) groups excluding carboxylic acids is 1. The second-order valence-electron chi connectivity index (χ2n) is 7.18. The topological polar surface area (TPSA) is 57.7 Å². The highest BCUT2D eigenvalue weighted by molar-refractivity contribution is 7.99. The summed E-state index contributed by atoms with van der Waals surface area (Å²) in [6, 6.07) is 9.92. The molecule has 2 rings (SSSR count). The first-order chi connectivity index (χ1) is 12.3. The van der Waals surface area contributed by atoms with Gasteiger partial charge >= 0.3 is 0 Å². The molecule has 0 radical (unpaired) electrons. The summed E-state index contributed by atoms with van der Waals surface area (Å²) in [4.78, 5) is 16.9. The fraction of sp³-hybridized carbons (Fsp3) is 0.632. The molecule has 0 spiro atoms. The third-order valence-electron chi connectivity index (χ3n) is 4.63. The van der Waals surface area contributed by atoms with Crippen molar-refractivity contribution >= 4 is 27.5 Å². The van der Waals surface area contributed by atoms with E-state index >= 15 is 0 Å². The number of hydrogen-bond donors (Lipinski definition) is 0. The Morgan fingerprint density at radius 3 is 2.50 bits per heavy atom. The van der Waals surface area contributed by atoms with E-state index in [2.05, 4.69) is 17.0 Å². The number of benzene rings is 1. The van der Waals surface area contributed by atoms with E-state index in [0.29, 0.717) is 13.0 Å². The summed E-state index contributed by atoms with van der Waals surface area (Å²) in [5, 5.41) is -0.183. The van der Waals surface area contributed by atoms with E-state index in [-0.39, 0.29) is 28.7 Å². The molecule has 1 aromatic rings. The van der Waals surface area contributed by atoms with Gasteiger partial charge in [-0.2, -0.15) is 0 Å². The minimum absolute atomic E-state index is 0.0618. The molecule has 0 saturated carbocycles. The van der Waals surface area contributed by atoms with Crippen LogP contribution in [0, 0.1) is 0 Å². The molecule has 2 unspecified atom stereocenters. The van der Waals surface area contributed by atoms with Gasteiger partial charge in [-0.1, -0.05) is 30.3 Å². The Balaban J connectivity index is 1.98. The molecule has 1 aliphatic rings. The van der Waals surface area contributed by atoms with Crippen molar-refractivity contribution in [3.05, 3.63) is 35.9 Å². The van der Waals surface area contributed by atoms with Crippen LogP contribution in [0.15, 0.2) is 30.3 Å². The third kappa shape index (κ3) is 6.59. The lowest BCUT2D eigenvalue weighted by Crippen LogP contribution is -2.45. The highest BCUT2D eigenvalue weighted by atomic mass is 32.2. The lowest BCUT2D eigenvalue weighted by Gasteiger charge is -2.31. The van der Waals surface area contributed by atoms with E-state index in [1.165, 1.54) is 5.56 Å². The molecule has 0 bridgehead atoms. The van der Waals surface area contributed by atoms with Crippen molar-refractivity contribution in [3.8, 4) is 0 Å². The van der Waals surface area contributed by atoms with E-state index in [4.69, 9.17) is 0 Å². The molecule has 7 heteroatoms. The van der Waals surface area contributed by atoms with Gasteiger partial charge in [0.2, 0.25) is 5.91 Å². The first-order valence-electron chi connectivity index (χ1n) is 9.09. The van der Waals surface area contributed by atoms with Crippen LogP contribution in [0.3, 0.4) is 0 Å².